The lowest BCUT2D eigenvalue weighted by molar-refractivity contribution is -0.402. The molecule has 0 saturated carbocycles. The molecular formula is C19H20N5O14P. The maximum absolute atomic E-state index is 13.3. The summed E-state index contributed by atoms with van der Waals surface area (Å²) in [6.07, 6.45) is -4.83. The van der Waals surface area contributed by atoms with Gasteiger partial charge in [-0.2, -0.15) is 4.98 Å². The lowest BCUT2D eigenvalue weighted by Crippen LogP contribution is -2.36. The number of phosphoric acid groups is 1. The minimum absolute atomic E-state index is 0.0804. The molecule has 0 amide bonds. The average Bonchev–Trinajstić information content (AvgIpc) is 3.62. The first-order valence-electron chi connectivity index (χ1n) is 10.8. The fraction of sp³-hybridized carbons (Fsp3) is 0.368. The smallest absolute Gasteiger partial charge is 0.403 e. The van der Waals surface area contributed by atoms with Gasteiger partial charge in [0.15, 0.2) is 6.23 Å². The Kier molecular flexibility index (Phi) is 8.21. The topological polar surface area (TPSA) is 268 Å². The first-order valence-corrected chi connectivity index (χ1v) is 12.3. The number of nitrogens with zero attached hydrogens (tertiary/aromatic N) is 4. The first-order chi connectivity index (χ1) is 18.5. The van der Waals surface area contributed by atoms with Crippen LogP contribution >= 0.6 is 7.82 Å². The lowest BCUT2D eigenvalue weighted by Gasteiger charge is -2.20. The second-order valence-corrected chi connectivity index (χ2v) is 9.54. The van der Waals surface area contributed by atoms with E-state index in [0.717, 1.165) is 16.7 Å². The summed E-state index contributed by atoms with van der Waals surface area (Å²) in [5.74, 6) is -1.54. The molecule has 1 fully saturated rings. The Labute approximate surface area is 216 Å². The van der Waals surface area contributed by atoms with Gasteiger partial charge in [-0.05, 0) is 18.2 Å². The standard InChI is InChI=1S/C19H20N5O14P/c20-13-5-6-22(19(27)21-13)18-17(26)16(25)12(38-18)9-35-39(32,33-7-10-1-3-14(36-10)23(28)29)34-8-11-2-4-15(37-11)24(30)31/h1-6,12,16-18,25-26H,7-9H2,(H2,20,21,27)/t12-,16-,17?,18-/m1/s1. The summed E-state index contributed by atoms with van der Waals surface area (Å²) in [5.41, 5.74) is 4.58. The van der Waals surface area contributed by atoms with Gasteiger partial charge < -0.3 is 29.5 Å². The maximum Gasteiger partial charge on any atom is 0.475 e. The van der Waals surface area contributed by atoms with Crippen LogP contribution in [0.3, 0.4) is 0 Å². The van der Waals surface area contributed by atoms with Gasteiger partial charge in [-0.25, -0.2) is 9.36 Å². The quantitative estimate of drug-likeness (QED) is 0.155. The second kappa shape index (κ2) is 11.4. The summed E-state index contributed by atoms with van der Waals surface area (Å²) >= 11 is 0. The molecule has 0 aromatic carbocycles. The van der Waals surface area contributed by atoms with E-state index in [1.54, 1.807) is 0 Å². The number of aliphatic hydroxyl groups is 2. The Bertz CT molecular complexity index is 1390. The Morgan fingerprint density at radius 1 is 0.974 bits per heavy atom. The van der Waals surface area contributed by atoms with Crippen LogP contribution in [-0.4, -0.2) is 54.5 Å². The summed E-state index contributed by atoms with van der Waals surface area (Å²) in [7, 11) is -4.62. The van der Waals surface area contributed by atoms with Crippen molar-refractivity contribution in [2.75, 3.05) is 12.3 Å². The van der Waals surface area contributed by atoms with E-state index < -0.39 is 79.5 Å². The van der Waals surface area contributed by atoms with E-state index in [-0.39, 0.29) is 17.3 Å². The van der Waals surface area contributed by atoms with Crippen LogP contribution in [0.4, 0.5) is 17.6 Å². The minimum atomic E-state index is -4.62. The van der Waals surface area contributed by atoms with Gasteiger partial charge in [0.1, 0.15) is 58.7 Å². The van der Waals surface area contributed by atoms with Crippen molar-refractivity contribution >= 4 is 25.4 Å². The molecule has 20 heteroatoms. The molecule has 3 aromatic rings. The summed E-state index contributed by atoms with van der Waals surface area (Å²) in [4.78, 5) is 35.7. The monoisotopic (exact) mass is 573 g/mol. The molecule has 1 unspecified atom stereocenters. The van der Waals surface area contributed by atoms with E-state index in [2.05, 4.69) is 4.98 Å². The largest absolute Gasteiger partial charge is 0.475 e. The van der Waals surface area contributed by atoms with Crippen LogP contribution < -0.4 is 11.4 Å². The highest BCUT2D eigenvalue weighted by Gasteiger charge is 2.45. The molecule has 39 heavy (non-hydrogen) atoms. The number of hydrogen-bond acceptors (Lipinski definition) is 16. The molecule has 1 saturated heterocycles. The number of furan rings is 2. The SMILES string of the molecule is Nc1ccn([C@@H]2O[C@H](COP(=O)(OCc3ccc([N+](=O)[O-])o3)OCc3ccc([N+](=O)[O-])o3)[C@@H](O)C2O)c(=O)n1. The van der Waals surface area contributed by atoms with Crippen molar-refractivity contribution < 1.29 is 51.8 Å². The Morgan fingerprint density at radius 2 is 1.54 bits per heavy atom. The molecule has 4 N–H and O–H groups in total. The van der Waals surface area contributed by atoms with Crippen molar-refractivity contribution in [2.24, 2.45) is 0 Å². The number of nitrogen functional groups attached to an aromatic ring is 1. The molecule has 0 spiro atoms. The predicted molar refractivity (Wildman–Crippen MR) is 123 cm³/mol. The Hall–Kier alpha value is -3.97. The molecular weight excluding hydrogens is 553 g/mol. The number of nitrogens with two attached hydrogens (primary N) is 1. The summed E-state index contributed by atoms with van der Waals surface area (Å²) in [6.45, 7) is -1.97. The first kappa shape index (κ1) is 28.0. The van der Waals surface area contributed by atoms with Gasteiger partial charge >= 0.3 is 25.3 Å². The number of rotatable bonds is 12. The van der Waals surface area contributed by atoms with E-state index in [1.807, 2.05) is 0 Å². The second-order valence-electron chi connectivity index (χ2n) is 7.87. The average molecular weight is 573 g/mol. The molecule has 0 bridgehead atoms. The zero-order valence-electron chi connectivity index (χ0n) is 19.5. The van der Waals surface area contributed by atoms with Gasteiger partial charge in [0.25, 0.3) is 0 Å². The molecule has 4 atom stereocenters. The van der Waals surface area contributed by atoms with Crippen LogP contribution in [0, 0.1) is 20.2 Å². The molecule has 3 aromatic heterocycles. The predicted octanol–water partition coefficient (Wildman–Crippen LogP) is 1.01. The number of ether oxygens (including phenoxy) is 1. The Morgan fingerprint density at radius 3 is 2.03 bits per heavy atom. The molecule has 4 rings (SSSR count). The molecule has 210 valence electrons. The molecule has 0 radical (unpaired) electrons. The number of anilines is 1. The van der Waals surface area contributed by atoms with Gasteiger partial charge in [0.2, 0.25) is 0 Å². The summed E-state index contributed by atoms with van der Waals surface area (Å²) < 4.78 is 45.2. The third-order valence-electron chi connectivity index (χ3n) is 5.24. The highest BCUT2D eigenvalue weighted by atomic mass is 31.2. The van der Waals surface area contributed by atoms with E-state index >= 15 is 0 Å². The fourth-order valence-electron chi connectivity index (χ4n) is 3.36. The minimum Gasteiger partial charge on any atom is -0.403 e. The number of aliphatic hydroxyl groups excluding tert-OH is 2. The van der Waals surface area contributed by atoms with Gasteiger partial charge in [-0.3, -0.25) is 38.4 Å². The molecule has 4 heterocycles. The van der Waals surface area contributed by atoms with Crippen molar-refractivity contribution in [3.63, 3.8) is 0 Å². The van der Waals surface area contributed by atoms with Gasteiger partial charge in [-0.1, -0.05) is 0 Å². The zero-order valence-corrected chi connectivity index (χ0v) is 20.4. The van der Waals surface area contributed by atoms with E-state index in [9.17, 15) is 39.8 Å². The van der Waals surface area contributed by atoms with Gasteiger partial charge in [0, 0.05) is 6.20 Å². The van der Waals surface area contributed by atoms with E-state index in [0.29, 0.717) is 0 Å². The number of phosphoric ester groups is 1. The van der Waals surface area contributed by atoms with E-state index in [4.69, 9.17) is 32.9 Å². The number of aromatic nitrogens is 2. The van der Waals surface area contributed by atoms with Crippen molar-refractivity contribution in [2.45, 2.75) is 37.8 Å². The van der Waals surface area contributed by atoms with Crippen LogP contribution in [0.5, 0.6) is 0 Å². The summed E-state index contributed by atoms with van der Waals surface area (Å²) in [5, 5.41) is 42.4. The molecule has 19 nitrogen and oxygen atoms in total. The van der Waals surface area contributed by atoms with Crippen LogP contribution in [0.2, 0.25) is 0 Å². The Balaban J connectivity index is 1.46. The van der Waals surface area contributed by atoms with Crippen LogP contribution in [-0.2, 0) is 36.1 Å². The number of nitro groups is 2. The van der Waals surface area contributed by atoms with Gasteiger partial charge in [-0.15, -0.1) is 0 Å². The fourth-order valence-corrected chi connectivity index (χ4v) is 4.49. The molecule has 0 aliphatic carbocycles. The van der Waals surface area contributed by atoms with Crippen molar-refractivity contribution in [3.05, 3.63) is 78.8 Å². The highest BCUT2D eigenvalue weighted by Crippen LogP contribution is 2.52. The van der Waals surface area contributed by atoms with Crippen molar-refractivity contribution in [1.82, 2.24) is 9.55 Å². The van der Waals surface area contributed by atoms with Crippen LogP contribution in [0.25, 0.3) is 0 Å². The summed E-state index contributed by atoms with van der Waals surface area (Å²) in [6, 6.07) is 5.70. The molecule has 1 aliphatic heterocycles. The van der Waals surface area contributed by atoms with Crippen molar-refractivity contribution in [1.29, 1.82) is 0 Å². The highest BCUT2D eigenvalue weighted by molar-refractivity contribution is 7.48. The van der Waals surface area contributed by atoms with Crippen LogP contribution in [0.15, 0.2) is 50.2 Å². The van der Waals surface area contributed by atoms with Crippen molar-refractivity contribution in [3.8, 4) is 0 Å². The normalized spacial score (nSPS) is 21.3. The van der Waals surface area contributed by atoms with E-state index in [1.165, 1.54) is 24.4 Å². The number of hydrogen-bond donors (Lipinski definition) is 3. The third kappa shape index (κ3) is 6.55. The lowest BCUT2D eigenvalue weighted by atomic mass is 10.1. The third-order valence-corrected chi connectivity index (χ3v) is 6.60. The zero-order chi connectivity index (χ0) is 28.3. The van der Waals surface area contributed by atoms with Gasteiger partial charge in [0.05, 0.1) is 18.7 Å². The van der Waals surface area contributed by atoms with Crippen LogP contribution in [0.1, 0.15) is 17.7 Å². The maximum atomic E-state index is 13.3. The molecule has 1 aliphatic rings.